The van der Waals surface area contributed by atoms with Crippen LogP contribution in [0.3, 0.4) is 0 Å². The third-order valence-corrected chi connectivity index (χ3v) is 2.92. The van der Waals surface area contributed by atoms with Crippen molar-refractivity contribution in [3.05, 3.63) is 34.3 Å². The molecule has 0 fully saturated rings. The van der Waals surface area contributed by atoms with Crippen molar-refractivity contribution in [1.29, 1.82) is 0 Å². The number of nitrogens with zero attached hydrogens (tertiary/aromatic N) is 5. The smallest absolute Gasteiger partial charge is 0.302 e. The van der Waals surface area contributed by atoms with Gasteiger partial charge in [-0.25, -0.2) is 9.97 Å². The summed E-state index contributed by atoms with van der Waals surface area (Å²) in [6, 6.07) is 1.17. The quantitative estimate of drug-likeness (QED) is 0.238. The molecule has 0 saturated carbocycles. The number of nitrogens with two attached hydrogens (primary N) is 1. The summed E-state index contributed by atoms with van der Waals surface area (Å²) in [6.07, 6.45) is 2.54. The number of amidine groups is 1. The summed E-state index contributed by atoms with van der Waals surface area (Å²) in [4.78, 5) is 18.1. The normalized spacial score (nSPS) is 11.5. The van der Waals surface area contributed by atoms with Crippen LogP contribution < -0.4 is 5.73 Å². The number of hydrogen-bond donors (Lipinski definition) is 3. The predicted octanol–water partition coefficient (Wildman–Crippen LogP) is 0.354. The number of pyridine rings is 1. The third-order valence-electron chi connectivity index (χ3n) is 2.02. The fourth-order valence-electron chi connectivity index (χ4n) is 1.18. The topological polar surface area (TPSA) is 156 Å². The second-order valence-corrected chi connectivity index (χ2v) is 4.16. The molecule has 0 bridgehead atoms. The molecule has 2 aromatic heterocycles. The molecule has 19 heavy (non-hydrogen) atoms. The van der Waals surface area contributed by atoms with Crippen molar-refractivity contribution in [3.63, 3.8) is 0 Å². The van der Waals surface area contributed by atoms with Crippen molar-refractivity contribution in [2.75, 3.05) is 0 Å². The molecule has 0 spiro atoms. The monoisotopic (exact) mass is 281 g/mol. The van der Waals surface area contributed by atoms with Crippen molar-refractivity contribution in [3.8, 4) is 0 Å². The van der Waals surface area contributed by atoms with Crippen LogP contribution in [0.4, 0.5) is 5.69 Å². The van der Waals surface area contributed by atoms with Crippen LogP contribution in [-0.4, -0.2) is 36.1 Å². The molecule has 0 aliphatic rings. The molecule has 0 unspecified atom stereocenters. The minimum absolute atomic E-state index is 0.122. The van der Waals surface area contributed by atoms with Gasteiger partial charge in [-0.3, -0.25) is 15.2 Å². The Bertz CT molecular complexity index is 627. The van der Waals surface area contributed by atoms with Crippen molar-refractivity contribution in [1.82, 2.24) is 20.2 Å². The van der Waals surface area contributed by atoms with Crippen LogP contribution in [0.5, 0.6) is 0 Å². The first-order valence-electron chi connectivity index (χ1n) is 4.77. The highest BCUT2D eigenvalue weighted by molar-refractivity contribution is 7.99. The standard InChI is InChI=1S/C8H7N7O3S/c9-6(14-16)4-1-5(15(17)18)7(10-2-4)19-8-11-3-12-13-8/h1-3,16H,(H2,9,14)(H,11,12,13). The van der Waals surface area contributed by atoms with Crippen LogP contribution in [0.2, 0.25) is 0 Å². The number of oxime groups is 1. The van der Waals surface area contributed by atoms with E-state index in [0.717, 1.165) is 11.8 Å². The molecule has 0 aromatic carbocycles. The predicted molar refractivity (Wildman–Crippen MR) is 63.9 cm³/mol. The van der Waals surface area contributed by atoms with Crippen LogP contribution in [-0.2, 0) is 0 Å². The van der Waals surface area contributed by atoms with E-state index in [9.17, 15) is 10.1 Å². The van der Waals surface area contributed by atoms with Crippen molar-refractivity contribution < 1.29 is 10.1 Å². The molecular formula is C8H7N7O3S. The molecule has 0 amide bonds. The molecule has 4 N–H and O–H groups in total. The zero-order valence-corrected chi connectivity index (χ0v) is 10.0. The van der Waals surface area contributed by atoms with Gasteiger partial charge in [-0.05, 0) is 11.8 Å². The van der Waals surface area contributed by atoms with E-state index >= 15 is 0 Å². The van der Waals surface area contributed by atoms with Gasteiger partial charge < -0.3 is 10.9 Å². The molecule has 2 heterocycles. The lowest BCUT2D eigenvalue weighted by atomic mass is 10.2. The molecule has 0 saturated heterocycles. The van der Waals surface area contributed by atoms with Crippen molar-refractivity contribution in [2.45, 2.75) is 10.2 Å². The molecule has 2 rings (SSSR count). The molecular weight excluding hydrogens is 274 g/mol. The van der Waals surface area contributed by atoms with Gasteiger partial charge in [0.05, 0.1) is 4.92 Å². The minimum atomic E-state index is -0.611. The highest BCUT2D eigenvalue weighted by Gasteiger charge is 2.19. The summed E-state index contributed by atoms with van der Waals surface area (Å²) < 4.78 is 0. The van der Waals surface area contributed by atoms with E-state index in [0.29, 0.717) is 5.16 Å². The van der Waals surface area contributed by atoms with E-state index in [-0.39, 0.29) is 22.1 Å². The van der Waals surface area contributed by atoms with E-state index in [4.69, 9.17) is 10.9 Å². The average Bonchev–Trinajstić information content (AvgIpc) is 2.91. The van der Waals surface area contributed by atoms with Gasteiger partial charge in [-0.15, -0.1) is 0 Å². The average molecular weight is 281 g/mol. The van der Waals surface area contributed by atoms with Gasteiger partial charge in [0.15, 0.2) is 16.0 Å². The molecule has 10 nitrogen and oxygen atoms in total. The van der Waals surface area contributed by atoms with Crippen LogP contribution in [0.1, 0.15) is 5.56 Å². The minimum Gasteiger partial charge on any atom is -0.409 e. The Morgan fingerprint density at radius 1 is 1.58 bits per heavy atom. The van der Waals surface area contributed by atoms with Crippen molar-refractivity contribution >= 4 is 23.3 Å². The Hall–Kier alpha value is -2.69. The van der Waals surface area contributed by atoms with Gasteiger partial charge >= 0.3 is 5.69 Å². The summed E-state index contributed by atoms with van der Waals surface area (Å²) in [5.41, 5.74) is 5.23. The summed E-state index contributed by atoms with van der Waals surface area (Å²) in [5.74, 6) is -0.258. The van der Waals surface area contributed by atoms with Gasteiger partial charge in [0.25, 0.3) is 0 Å². The Kier molecular flexibility index (Phi) is 3.56. The fourth-order valence-corrected chi connectivity index (χ4v) is 1.91. The van der Waals surface area contributed by atoms with Gasteiger partial charge in [-0.2, -0.15) is 5.10 Å². The molecule has 0 aliphatic carbocycles. The van der Waals surface area contributed by atoms with E-state index < -0.39 is 4.92 Å². The van der Waals surface area contributed by atoms with Gasteiger partial charge in [-0.1, -0.05) is 5.16 Å². The van der Waals surface area contributed by atoms with E-state index in [1.54, 1.807) is 0 Å². The lowest BCUT2D eigenvalue weighted by molar-refractivity contribution is -0.388. The maximum atomic E-state index is 11.0. The number of nitrogens with one attached hydrogen (secondary N) is 1. The fraction of sp³-hybridized carbons (Fsp3) is 0. The van der Waals surface area contributed by atoms with Crippen LogP contribution >= 0.6 is 11.8 Å². The second-order valence-electron chi connectivity index (χ2n) is 3.18. The molecule has 0 radical (unpaired) electrons. The first-order chi connectivity index (χ1) is 9.11. The number of aromatic nitrogens is 4. The molecule has 98 valence electrons. The van der Waals surface area contributed by atoms with E-state index in [1.165, 1.54) is 18.6 Å². The Morgan fingerprint density at radius 3 is 2.95 bits per heavy atom. The molecule has 11 heteroatoms. The maximum Gasteiger partial charge on any atom is 0.302 e. The molecule has 0 aliphatic heterocycles. The Balaban J connectivity index is 2.41. The summed E-state index contributed by atoms with van der Waals surface area (Å²) in [7, 11) is 0. The number of H-pyrrole nitrogens is 1. The van der Waals surface area contributed by atoms with E-state index in [1.807, 2.05) is 0 Å². The highest BCUT2D eigenvalue weighted by Crippen LogP contribution is 2.31. The number of nitro groups is 1. The summed E-state index contributed by atoms with van der Waals surface area (Å²) >= 11 is 0.952. The van der Waals surface area contributed by atoms with Gasteiger partial charge in [0, 0.05) is 17.8 Å². The highest BCUT2D eigenvalue weighted by atomic mass is 32.2. The maximum absolute atomic E-state index is 11.0. The number of hydrogen-bond acceptors (Lipinski definition) is 8. The molecule has 0 atom stereocenters. The zero-order valence-electron chi connectivity index (χ0n) is 9.22. The van der Waals surface area contributed by atoms with Crippen LogP contribution in [0, 0.1) is 10.1 Å². The lowest BCUT2D eigenvalue weighted by Gasteiger charge is -2.02. The first-order valence-corrected chi connectivity index (χ1v) is 5.59. The number of aromatic amines is 1. The van der Waals surface area contributed by atoms with E-state index in [2.05, 4.69) is 25.3 Å². The second kappa shape index (κ2) is 5.30. The Morgan fingerprint density at radius 2 is 2.37 bits per heavy atom. The Labute approximate surface area is 109 Å². The van der Waals surface area contributed by atoms with Crippen LogP contribution in [0.25, 0.3) is 0 Å². The third kappa shape index (κ3) is 2.77. The SMILES string of the molecule is NC(=NO)c1cnc(Sc2ncn[nH]2)c([N+](=O)[O-])c1. The van der Waals surface area contributed by atoms with Crippen molar-refractivity contribution in [2.24, 2.45) is 10.9 Å². The summed E-state index contributed by atoms with van der Waals surface area (Å²) in [6.45, 7) is 0. The van der Waals surface area contributed by atoms with Gasteiger partial charge in [0.1, 0.15) is 6.33 Å². The molecule has 2 aromatic rings. The lowest BCUT2D eigenvalue weighted by Crippen LogP contribution is -2.14. The van der Waals surface area contributed by atoms with Crippen LogP contribution in [0.15, 0.2) is 33.9 Å². The first kappa shape index (κ1) is 12.8. The van der Waals surface area contributed by atoms with Gasteiger partial charge in [0.2, 0.25) is 0 Å². The number of rotatable bonds is 4. The summed E-state index contributed by atoms with van der Waals surface area (Å²) in [5, 5.41) is 28.9. The largest absolute Gasteiger partial charge is 0.409 e. The zero-order chi connectivity index (χ0) is 13.8.